The van der Waals surface area contributed by atoms with Gasteiger partial charge in [0.2, 0.25) is 5.60 Å². The molecule has 8 nitrogen and oxygen atoms in total. The Balaban J connectivity index is 1.57. The van der Waals surface area contributed by atoms with Crippen molar-refractivity contribution in [3.05, 3.63) is 59.6 Å². The van der Waals surface area contributed by atoms with Gasteiger partial charge in [0.05, 0.1) is 11.9 Å². The molecule has 0 amide bonds. The Bertz CT molecular complexity index is 1210. The van der Waals surface area contributed by atoms with Crippen molar-refractivity contribution in [3.8, 4) is 17.2 Å². The molecule has 3 heterocycles. The van der Waals surface area contributed by atoms with E-state index in [1.165, 1.54) is 23.7 Å². The van der Waals surface area contributed by atoms with E-state index in [4.69, 9.17) is 0 Å². The van der Waals surface area contributed by atoms with Crippen LogP contribution < -0.4 is 0 Å². The van der Waals surface area contributed by atoms with Gasteiger partial charge in [-0.05, 0) is 30.2 Å². The number of alkyl halides is 3. The monoisotopic (exact) mass is 447 g/mol. The molecule has 0 aliphatic carbocycles. The number of benzene rings is 1. The topological polar surface area (TPSA) is 95.8 Å². The fourth-order valence-electron chi connectivity index (χ4n) is 3.49. The van der Waals surface area contributed by atoms with Crippen LogP contribution in [0.1, 0.15) is 30.4 Å². The van der Waals surface area contributed by atoms with Gasteiger partial charge < -0.3 is 10.0 Å². The lowest BCUT2D eigenvalue weighted by atomic mass is 9.96. The summed E-state index contributed by atoms with van der Waals surface area (Å²) in [6.45, 7) is 1.44. The second-order valence-electron chi connectivity index (χ2n) is 7.27. The molecule has 1 aliphatic heterocycles. The highest BCUT2D eigenvalue weighted by molar-refractivity contribution is 5.78. The smallest absolute Gasteiger partial charge is 0.375 e. The largest absolute Gasteiger partial charge is 0.423 e. The lowest BCUT2D eigenvalue weighted by Crippen LogP contribution is -2.42. The fourth-order valence-corrected chi connectivity index (χ4v) is 3.49. The average molecular weight is 447 g/mol. The van der Waals surface area contributed by atoms with E-state index in [1.807, 2.05) is 6.07 Å². The Morgan fingerprint density at radius 3 is 2.56 bits per heavy atom. The van der Waals surface area contributed by atoms with E-state index >= 15 is 0 Å². The molecule has 1 aliphatic rings. The molecule has 0 spiro atoms. The first-order valence-electron chi connectivity index (χ1n) is 9.55. The number of hydrogen-bond donors (Lipinski definition) is 1. The van der Waals surface area contributed by atoms with Gasteiger partial charge in [0, 0.05) is 11.8 Å². The standard InChI is InChI=1S/C20H17F4N7O/c1-2-19(32,20(22,23)24)17-10-30(28-26-17)11-29-8-7-16-18(13-3-5-14(21)6-4-13)15(9-25)27-31(16)12-29/h3-8,10,32H,2,11-12H2,1H3. The van der Waals surface area contributed by atoms with Crippen LogP contribution in [-0.4, -0.2) is 41.0 Å². The van der Waals surface area contributed by atoms with Crippen LogP contribution >= 0.6 is 0 Å². The highest BCUT2D eigenvalue weighted by Crippen LogP contribution is 2.40. The molecule has 1 N–H and O–H groups in total. The summed E-state index contributed by atoms with van der Waals surface area (Å²) >= 11 is 0. The molecule has 32 heavy (non-hydrogen) atoms. The number of rotatable bonds is 5. The van der Waals surface area contributed by atoms with E-state index in [-0.39, 0.29) is 19.0 Å². The molecular weight excluding hydrogens is 430 g/mol. The molecule has 1 aromatic carbocycles. The minimum atomic E-state index is -4.89. The van der Waals surface area contributed by atoms with E-state index in [0.717, 1.165) is 6.20 Å². The van der Waals surface area contributed by atoms with E-state index in [9.17, 15) is 27.9 Å². The SMILES string of the molecule is CCC(O)(c1cn(CN2C=Cc3c(-c4ccc(F)cc4)c(C#N)nn3C2)nn1)C(F)(F)F. The summed E-state index contributed by atoms with van der Waals surface area (Å²) in [5, 5.41) is 31.0. The average Bonchev–Trinajstić information content (AvgIpc) is 3.37. The highest BCUT2D eigenvalue weighted by Gasteiger charge is 2.55. The maximum Gasteiger partial charge on any atom is 0.423 e. The third-order valence-electron chi connectivity index (χ3n) is 5.26. The molecule has 166 valence electrons. The van der Waals surface area contributed by atoms with Gasteiger partial charge in [-0.15, -0.1) is 5.10 Å². The van der Waals surface area contributed by atoms with Gasteiger partial charge in [-0.25, -0.2) is 13.8 Å². The normalized spacial score (nSPS) is 15.3. The van der Waals surface area contributed by atoms with Crippen molar-refractivity contribution in [3.63, 3.8) is 0 Å². The van der Waals surface area contributed by atoms with Crippen LogP contribution in [-0.2, 0) is 18.9 Å². The van der Waals surface area contributed by atoms with Gasteiger partial charge in [-0.2, -0.15) is 23.5 Å². The van der Waals surface area contributed by atoms with Crippen molar-refractivity contribution in [2.75, 3.05) is 0 Å². The molecular formula is C20H17F4N7O. The van der Waals surface area contributed by atoms with Crippen LogP contribution in [0.2, 0.25) is 0 Å². The first-order chi connectivity index (χ1) is 15.2. The summed E-state index contributed by atoms with van der Waals surface area (Å²) in [7, 11) is 0. The van der Waals surface area contributed by atoms with Gasteiger partial charge in [0.15, 0.2) is 5.69 Å². The van der Waals surface area contributed by atoms with E-state index in [1.54, 1.807) is 34.0 Å². The van der Waals surface area contributed by atoms with Crippen molar-refractivity contribution in [2.24, 2.45) is 0 Å². The molecule has 0 radical (unpaired) electrons. The van der Waals surface area contributed by atoms with Crippen molar-refractivity contribution >= 4 is 6.08 Å². The summed E-state index contributed by atoms with van der Waals surface area (Å²) in [5.74, 6) is -0.400. The maximum atomic E-state index is 13.3. The van der Waals surface area contributed by atoms with Crippen molar-refractivity contribution in [1.29, 1.82) is 5.26 Å². The van der Waals surface area contributed by atoms with Gasteiger partial charge in [0.1, 0.15) is 30.9 Å². The Labute approximate surface area is 179 Å². The van der Waals surface area contributed by atoms with Gasteiger partial charge in [-0.1, -0.05) is 24.3 Å². The molecule has 4 rings (SSSR count). The van der Waals surface area contributed by atoms with Gasteiger partial charge in [0.25, 0.3) is 0 Å². The number of fused-ring (bicyclic) bond motifs is 1. The van der Waals surface area contributed by atoms with Crippen LogP contribution in [0.5, 0.6) is 0 Å². The zero-order valence-corrected chi connectivity index (χ0v) is 16.8. The predicted molar refractivity (Wildman–Crippen MR) is 103 cm³/mol. The number of nitriles is 1. The molecule has 12 heteroatoms. The summed E-state index contributed by atoms with van der Waals surface area (Å²) < 4.78 is 55.8. The Morgan fingerprint density at radius 2 is 1.94 bits per heavy atom. The third kappa shape index (κ3) is 3.60. The molecule has 1 atom stereocenters. The number of hydrogen-bond acceptors (Lipinski definition) is 6. The zero-order valence-electron chi connectivity index (χ0n) is 16.8. The van der Waals surface area contributed by atoms with E-state index in [0.29, 0.717) is 16.8 Å². The number of aromatic nitrogens is 5. The lowest BCUT2D eigenvalue weighted by molar-refractivity contribution is -0.269. The summed E-state index contributed by atoms with van der Waals surface area (Å²) in [6, 6.07) is 7.73. The molecule has 1 unspecified atom stereocenters. The van der Waals surface area contributed by atoms with Crippen LogP contribution in [0.15, 0.2) is 36.7 Å². The highest BCUT2D eigenvalue weighted by atomic mass is 19.4. The maximum absolute atomic E-state index is 13.3. The molecule has 0 bridgehead atoms. The van der Waals surface area contributed by atoms with Crippen LogP contribution in [0.3, 0.4) is 0 Å². The third-order valence-corrected chi connectivity index (χ3v) is 5.26. The molecule has 0 fully saturated rings. The molecule has 3 aromatic rings. The second-order valence-corrected chi connectivity index (χ2v) is 7.27. The number of aliphatic hydroxyl groups is 1. The Hall–Kier alpha value is -3.72. The number of halogens is 4. The molecule has 0 saturated heterocycles. The molecule has 0 saturated carbocycles. The van der Waals surface area contributed by atoms with Gasteiger partial charge in [-0.3, -0.25) is 0 Å². The Kier molecular flexibility index (Phi) is 5.21. The summed E-state index contributed by atoms with van der Waals surface area (Å²) in [6.07, 6.45) is -1.05. The summed E-state index contributed by atoms with van der Waals surface area (Å²) in [4.78, 5) is 1.69. The van der Waals surface area contributed by atoms with Gasteiger partial charge >= 0.3 is 6.18 Å². The van der Waals surface area contributed by atoms with Crippen LogP contribution in [0, 0.1) is 17.1 Å². The minimum Gasteiger partial charge on any atom is -0.375 e. The predicted octanol–water partition coefficient (Wildman–Crippen LogP) is 3.21. The lowest BCUT2D eigenvalue weighted by Gasteiger charge is -2.27. The quantitative estimate of drug-likeness (QED) is 0.604. The minimum absolute atomic E-state index is 0.0359. The first-order valence-corrected chi connectivity index (χ1v) is 9.55. The van der Waals surface area contributed by atoms with Crippen LogP contribution in [0.25, 0.3) is 17.2 Å². The second kappa shape index (κ2) is 7.76. The summed E-state index contributed by atoms with van der Waals surface area (Å²) in [5.41, 5.74) is -1.66. The fraction of sp³-hybridized carbons (Fsp3) is 0.300. The zero-order chi connectivity index (χ0) is 23.1. The van der Waals surface area contributed by atoms with Crippen molar-refractivity contribution in [2.45, 2.75) is 38.5 Å². The van der Waals surface area contributed by atoms with E-state index < -0.39 is 29.7 Å². The molecule has 2 aromatic heterocycles. The van der Waals surface area contributed by atoms with Crippen LogP contribution in [0.4, 0.5) is 17.6 Å². The Morgan fingerprint density at radius 1 is 1.22 bits per heavy atom. The number of nitrogens with zero attached hydrogens (tertiary/aromatic N) is 7. The first kappa shape index (κ1) is 21.5. The van der Waals surface area contributed by atoms with Crippen molar-refractivity contribution < 1.29 is 22.7 Å². The van der Waals surface area contributed by atoms with Crippen molar-refractivity contribution in [1.82, 2.24) is 29.7 Å². The van der Waals surface area contributed by atoms with E-state index in [2.05, 4.69) is 15.4 Å².